The van der Waals surface area contributed by atoms with Gasteiger partial charge < -0.3 is 24.1 Å². The Morgan fingerprint density at radius 3 is 2.09 bits per heavy atom. The van der Waals surface area contributed by atoms with Gasteiger partial charge in [0.05, 0.1) is 26.6 Å². The molecular weight excluding hydrogens is 761 g/mol. The number of carbonyl (C=O) groups excluding carboxylic acids is 3. The smallest absolute Gasteiger partial charge is 0.340 e. The molecule has 1 fully saturated rings. The maximum absolute atomic E-state index is 12.6. The van der Waals surface area contributed by atoms with Crippen LogP contribution in [0.3, 0.4) is 0 Å². The van der Waals surface area contributed by atoms with Gasteiger partial charge in [0.1, 0.15) is 31.7 Å². The summed E-state index contributed by atoms with van der Waals surface area (Å²) in [7, 11) is 0. The lowest BCUT2D eigenvalue weighted by molar-refractivity contribution is -0.162. The summed E-state index contributed by atoms with van der Waals surface area (Å²) in [5.41, 5.74) is -1.56. The highest BCUT2D eigenvalue weighted by atomic mass is 127. The van der Waals surface area contributed by atoms with Gasteiger partial charge in [0.25, 0.3) is 0 Å². The van der Waals surface area contributed by atoms with Crippen molar-refractivity contribution in [1.82, 2.24) is 0 Å². The second-order valence-electron chi connectivity index (χ2n) is 8.65. The first kappa shape index (κ1) is 27.8. The molecule has 0 saturated carbocycles. The highest BCUT2D eigenvalue weighted by Crippen LogP contribution is 2.36. The predicted molar refractivity (Wildman–Crippen MR) is 140 cm³/mol. The summed E-state index contributed by atoms with van der Waals surface area (Å²) in [6.45, 7) is 7.39. The average molecular weight is 786 g/mol. The van der Waals surface area contributed by atoms with Gasteiger partial charge in [-0.05, 0) is 108 Å². The zero-order valence-corrected chi connectivity index (χ0v) is 24.6. The number of hydrogen-bond acceptors (Lipinski definition) is 8. The summed E-state index contributed by atoms with van der Waals surface area (Å²) in [6, 6.07) is 1.57. The first-order chi connectivity index (χ1) is 14.8. The van der Waals surface area contributed by atoms with E-state index in [1.165, 1.54) is 0 Å². The number of rotatable bonds is 10. The van der Waals surface area contributed by atoms with Crippen LogP contribution >= 0.6 is 67.8 Å². The Morgan fingerprint density at radius 2 is 1.53 bits per heavy atom. The van der Waals surface area contributed by atoms with Crippen molar-refractivity contribution in [3.05, 3.63) is 22.3 Å². The van der Waals surface area contributed by atoms with Crippen LogP contribution in [0.4, 0.5) is 0 Å². The van der Waals surface area contributed by atoms with Crippen LogP contribution in [0, 0.1) is 21.5 Å². The van der Waals surface area contributed by atoms with E-state index in [2.05, 4.69) is 0 Å². The standard InChI is InChI=1S/C21H25I3O8/c1-20(2,10-21(3,4)19(28)32-9-11-8-31-11)18(27)30-6-5-29-17(26)14-15(23)12(22)7-13(25)16(14)24/h7,11,25H,5-6,8-10H2,1-4H3. The fourth-order valence-electron chi connectivity index (χ4n) is 3.08. The summed E-state index contributed by atoms with van der Waals surface area (Å²) in [6.07, 6.45) is 0.200. The van der Waals surface area contributed by atoms with Gasteiger partial charge in [0.15, 0.2) is 0 Å². The molecule has 0 radical (unpaired) electrons. The molecule has 1 aromatic rings. The molecule has 1 unspecified atom stereocenters. The molecule has 0 bridgehead atoms. The van der Waals surface area contributed by atoms with E-state index in [1.54, 1.807) is 33.8 Å². The second-order valence-corrected chi connectivity index (χ2v) is 12.0. The number of hydrogen-bond donors (Lipinski definition) is 1. The van der Waals surface area contributed by atoms with E-state index in [0.29, 0.717) is 13.7 Å². The number of ether oxygens (including phenoxy) is 4. The topological polar surface area (TPSA) is 112 Å². The molecular formula is C21H25I3O8. The summed E-state index contributed by atoms with van der Waals surface area (Å²) < 4.78 is 22.6. The molecule has 32 heavy (non-hydrogen) atoms. The lowest BCUT2D eigenvalue weighted by atomic mass is 9.75. The zero-order chi connectivity index (χ0) is 24.3. The number of aromatic hydroxyl groups is 1. The van der Waals surface area contributed by atoms with E-state index in [4.69, 9.17) is 18.9 Å². The van der Waals surface area contributed by atoms with Crippen LogP contribution in [-0.4, -0.2) is 55.5 Å². The van der Waals surface area contributed by atoms with E-state index in [1.807, 2.05) is 67.8 Å². The van der Waals surface area contributed by atoms with Crippen LogP contribution in [0.2, 0.25) is 0 Å². The minimum Gasteiger partial charge on any atom is -0.507 e. The molecule has 0 aliphatic carbocycles. The number of carbonyl (C=O) groups is 3. The molecule has 0 aromatic heterocycles. The molecule has 1 N–H and O–H groups in total. The van der Waals surface area contributed by atoms with E-state index in [-0.39, 0.29) is 43.7 Å². The van der Waals surface area contributed by atoms with Crippen molar-refractivity contribution in [2.75, 3.05) is 26.4 Å². The first-order valence-corrected chi connectivity index (χ1v) is 13.0. The fraction of sp³-hybridized carbons (Fsp3) is 0.571. The van der Waals surface area contributed by atoms with Crippen molar-refractivity contribution >= 4 is 85.7 Å². The number of halogens is 3. The van der Waals surface area contributed by atoms with Gasteiger partial charge in [-0.25, -0.2) is 4.79 Å². The first-order valence-electron chi connectivity index (χ1n) is 9.76. The fourth-order valence-corrected chi connectivity index (χ4v) is 5.46. The zero-order valence-electron chi connectivity index (χ0n) is 18.1. The van der Waals surface area contributed by atoms with E-state index < -0.39 is 28.7 Å². The lowest BCUT2D eigenvalue weighted by Gasteiger charge is -2.31. The van der Waals surface area contributed by atoms with Crippen molar-refractivity contribution < 1.29 is 38.4 Å². The molecule has 1 saturated heterocycles. The number of epoxide rings is 1. The molecule has 8 nitrogen and oxygen atoms in total. The van der Waals surface area contributed by atoms with Crippen molar-refractivity contribution in [3.8, 4) is 5.75 Å². The number of esters is 3. The summed E-state index contributed by atoms with van der Waals surface area (Å²) >= 11 is 5.93. The summed E-state index contributed by atoms with van der Waals surface area (Å²) in [5.74, 6) is -1.50. The maximum Gasteiger partial charge on any atom is 0.340 e. The summed E-state index contributed by atoms with van der Waals surface area (Å²) in [5, 5.41) is 9.95. The Hall–Kier alpha value is -0.420. The van der Waals surface area contributed by atoms with Gasteiger partial charge >= 0.3 is 17.9 Å². The maximum atomic E-state index is 12.6. The van der Waals surface area contributed by atoms with Gasteiger partial charge in [-0.15, -0.1) is 0 Å². The third-order valence-electron chi connectivity index (χ3n) is 4.68. The number of phenols is 1. The van der Waals surface area contributed by atoms with Crippen molar-refractivity contribution in [2.45, 2.75) is 40.2 Å². The van der Waals surface area contributed by atoms with Crippen LogP contribution in [-0.2, 0) is 28.5 Å². The van der Waals surface area contributed by atoms with Crippen molar-refractivity contribution in [3.63, 3.8) is 0 Å². The van der Waals surface area contributed by atoms with E-state index in [0.717, 1.165) is 3.57 Å². The molecule has 0 spiro atoms. The van der Waals surface area contributed by atoms with Crippen LogP contribution in [0.5, 0.6) is 5.75 Å². The van der Waals surface area contributed by atoms with Gasteiger partial charge in [0, 0.05) is 7.14 Å². The van der Waals surface area contributed by atoms with Gasteiger partial charge in [-0.2, -0.15) is 0 Å². The molecule has 1 atom stereocenters. The Morgan fingerprint density at radius 1 is 1.00 bits per heavy atom. The minimum absolute atomic E-state index is 0.00124. The van der Waals surface area contributed by atoms with E-state index in [9.17, 15) is 19.5 Å². The Labute approximate surface area is 227 Å². The van der Waals surface area contributed by atoms with Crippen LogP contribution in [0.25, 0.3) is 0 Å². The molecule has 1 aliphatic heterocycles. The number of benzene rings is 1. The molecule has 1 aliphatic rings. The highest BCUT2D eigenvalue weighted by molar-refractivity contribution is 14.1. The Kier molecular flexibility index (Phi) is 9.86. The quantitative estimate of drug-likeness (QED) is 0.0936. The third-order valence-corrected chi connectivity index (χ3v) is 8.78. The SMILES string of the molecule is CC(C)(CC(C)(C)C(=O)OCC1CO1)C(=O)OCCOC(=O)c1c(I)c(O)cc(I)c1I. The van der Waals surface area contributed by atoms with Crippen LogP contribution < -0.4 is 0 Å². The molecule has 1 aromatic carbocycles. The Balaban J connectivity index is 1.85. The third kappa shape index (κ3) is 7.55. The van der Waals surface area contributed by atoms with Crippen LogP contribution in [0.1, 0.15) is 44.5 Å². The second kappa shape index (κ2) is 11.3. The van der Waals surface area contributed by atoms with Crippen molar-refractivity contribution in [2.24, 2.45) is 10.8 Å². The van der Waals surface area contributed by atoms with Crippen molar-refractivity contribution in [1.29, 1.82) is 0 Å². The molecule has 0 amide bonds. The van der Waals surface area contributed by atoms with Gasteiger partial charge in [0.2, 0.25) is 0 Å². The Bertz CT molecular complexity index is 867. The highest BCUT2D eigenvalue weighted by Gasteiger charge is 2.41. The van der Waals surface area contributed by atoms with Gasteiger partial charge in [-0.3, -0.25) is 9.59 Å². The minimum atomic E-state index is -0.950. The summed E-state index contributed by atoms with van der Waals surface area (Å²) in [4.78, 5) is 37.4. The predicted octanol–water partition coefficient (Wildman–Crippen LogP) is 4.29. The van der Waals surface area contributed by atoms with E-state index >= 15 is 0 Å². The number of phenolic OH excluding ortho intramolecular Hbond substituents is 1. The largest absolute Gasteiger partial charge is 0.507 e. The monoisotopic (exact) mass is 786 g/mol. The molecule has 2 rings (SSSR count). The molecule has 11 heteroatoms. The molecule has 178 valence electrons. The molecule has 1 heterocycles. The lowest BCUT2D eigenvalue weighted by Crippen LogP contribution is -2.37. The van der Waals surface area contributed by atoms with Crippen LogP contribution in [0.15, 0.2) is 6.07 Å². The van der Waals surface area contributed by atoms with Gasteiger partial charge in [-0.1, -0.05) is 0 Å². The average Bonchev–Trinajstić information content (AvgIpc) is 3.51. The normalized spacial score (nSPS) is 15.8.